The third-order valence-corrected chi connectivity index (χ3v) is 3.86. The Balaban J connectivity index is 3.21. The summed E-state index contributed by atoms with van der Waals surface area (Å²) in [6, 6.07) is 0.842. The summed E-state index contributed by atoms with van der Waals surface area (Å²) in [5.41, 5.74) is 0. The smallest absolute Gasteiger partial charge is 0.208 e. The zero-order valence-electron chi connectivity index (χ0n) is 9.30. The topological polar surface area (TPSA) is 46.2 Å². The zero-order chi connectivity index (χ0) is 13.2. The SMILES string of the molecule is CCC(C)NS(=O)(=O)c1ccc(F)c(F)c1F. The molecule has 1 rings (SSSR count). The molecule has 1 aromatic carbocycles. The number of nitrogens with one attached hydrogen (secondary N) is 1. The van der Waals surface area contributed by atoms with Crippen LogP contribution in [0, 0.1) is 17.5 Å². The van der Waals surface area contributed by atoms with Crippen molar-refractivity contribution in [1.29, 1.82) is 0 Å². The molecule has 96 valence electrons. The highest BCUT2D eigenvalue weighted by molar-refractivity contribution is 7.89. The van der Waals surface area contributed by atoms with Crippen LogP contribution in [0.25, 0.3) is 0 Å². The Labute approximate surface area is 97.7 Å². The first-order chi connectivity index (χ1) is 7.79. The fourth-order valence-electron chi connectivity index (χ4n) is 1.13. The number of hydrogen-bond donors (Lipinski definition) is 1. The minimum absolute atomic E-state index is 0.424. The van der Waals surface area contributed by atoms with Gasteiger partial charge < -0.3 is 0 Å². The third kappa shape index (κ3) is 2.98. The van der Waals surface area contributed by atoms with Crippen LogP contribution in [0.15, 0.2) is 17.0 Å². The highest BCUT2D eigenvalue weighted by atomic mass is 32.2. The molecule has 0 fully saturated rings. The van der Waals surface area contributed by atoms with E-state index in [0.29, 0.717) is 18.6 Å². The van der Waals surface area contributed by atoms with E-state index in [4.69, 9.17) is 0 Å². The molecule has 0 aliphatic rings. The lowest BCUT2D eigenvalue weighted by molar-refractivity contribution is 0.431. The van der Waals surface area contributed by atoms with E-state index in [1.165, 1.54) is 0 Å². The van der Waals surface area contributed by atoms with E-state index >= 15 is 0 Å². The third-order valence-electron chi connectivity index (χ3n) is 2.26. The molecule has 0 saturated carbocycles. The van der Waals surface area contributed by atoms with Gasteiger partial charge in [0.05, 0.1) is 0 Å². The summed E-state index contributed by atoms with van der Waals surface area (Å²) in [5.74, 6) is -4.93. The average molecular weight is 267 g/mol. The first kappa shape index (κ1) is 14.0. The molecule has 0 bridgehead atoms. The van der Waals surface area contributed by atoms with Gasteiger partial charge in [-0.25, -0.2) is 26.3 Å². The van der Waals surface area contributed by atoms with Crippen LogP contribution in [0.1, 0.15) is 20.3 Å². The number of hydrogen-bond acceptors (Lipinski definition) is 2. The van der Waals surface area contributed by atoms with E-state index in [9.17, 15) is 21.6 Å². The quantitative estimate of drug-likeness (QED) is 0.850. The van der Waals surface area contributed by atoms with Crippen LogP contribution in [0.5, 0.6) is 0 Å². The van der Waals surface area contributed by atoms with Crippen LogP contribution < -0.4 is 4.72 Å². The van der Waals surface area contributed by atoms with E-state index in [2.05, 4.69) is 4.72 Å². The van der Waals surface area contributed by atoms with Crippen LogP contribution in [-0.4, -0.2) is 14.5 Å². The number of halogens is 3. The average Bonchev–Trinajstić information content (AvgIpc) is 2.24. The highest BCUT2D eigenvalue weighted by Crippen LogP contribution is 2.19. The van der Waals surface area contributed by atoms with Crippen LogP contribution in [0.2, 0.25) is 0 Å². The Kier molecular flexibility index (Phi) is 4.16. The minimum Gasteiger partial charge on any atom is -0.208 e. The lowest BCUT2D eigenvalue weighted by Gasteiger charge is -2.12. The largest absolute Gasteiger partial charge is 0.243 e. The Morgan fingerprint density at radius 2 is 1.82 bits per heavy atom. The first-order valence-electron chi connectivity index (χ1n) is 4.95. The van der Waals surface area contributed by atoms with Gasteiger partial charge in [0, 0.05) is 6.04 Å². The molecule has 0 amide bonds. The Bertz CT molecular complexity index is 517. The maximum Gasteiger partial charge on any atom is 0.243 e. The summed E-state index contributed by atoms with van der Waals surface area (Å²) < 4.78 is 64.3. The molecule has 7 heteroatoms. The van der Waals surface area contributed by atoms with Crippen molar-refractivity contribution in [1.82, 2.24) is 4.72 Å². The molecule has 3 nitrogen and oxygen atoms in total. The Morgan fingerprint density at radius 1 is 1.24 bits per heavy atom. The van der Waals surface area contributed by atoms with Crippen molar-refractivity contribution in [2.75, 3.05) is 0 Å². The molecule has 0 heterocycles. The van der Waals surface area contributed by atoms with E-state index in [1.807, 2.05) is 0 Å². The molecule has 1 atom stereocenters. The molecule has 0 radical (unpaired) electrons. The van der Waals surface area contributed by atoms with Gasteiger partial charge in [-0.3, -0.25) is 0 Å². The van der Waals surface area contributed by atoms with Crippen LogP contribution in [0.3, 0.4) is 0 Å². The van der Waals surface area contributed by atoms with Crippen molar-refractivity contribution in [3.63, 3.8) is 0 Å². The molecular formula is C10H12F3NO2S. The van der Waals surface area contributed by atoms with Crippen molar-refractivity contribution < 1.29 is 21.6 Å². The highest BCUT2D eigenvalue weighted by Gasteiger charge is 2.24. The lowest BCUT2D eigenvalue weighted by Crippen LogP contribution is -2.32. The minimum atomic E-state index is -4.17. The van der Waals surface area contributed by atoms with Crippen molar-refractivity contribution in [2.24, 2.45) is 0 Å². The van der Waals surface area contributed by atoms with Gasteiger partial charge in [0.15, 0.2) is 17.5 Å². The summed E-state index contributed by atoms with van der Waals surface area (Å²) in [6.07, 6.45) is 0.491. The van der Waals surface area contributed by atoms with Crippen LogP contribution in [-0.2, 0) is 10.0 Å². The molecule has 1 N–H and O–H groups in total. The van der Waals surface area contributed by atoms with E-state index in [1.54, 1.807) is 13.8 Å². The fourth-order valence-corrected chi connectivity index (χ4v) is 2.52. The maximum absolute atomic E-state index is 13.3. The number of sulfonamides is 1. The van der Waals surface area contributed by atoms with E-state index in [0.717, 1.165) is 0 Å². The monoisotopic (exact) mass is 267 g/mol. The van der Waals surface area contributed by atoms with Gasteiger partial charge in [-0.1, -0.05) is 6.92 Å². The second-order valence-corrected chi connectivity index (χ2v) is 5.29. The van der Waals surface area contributed by atoms with Crippen LogP contribution in [0.4, 0.5) is 13.2 Å². The van der Waals surface area contributed by atoms with Crippen LogP contribution >= 0.6 is 0 Å². The zero-order valence-corrected chi connectivity index (χ0v) is 10.1. The molecule has 0 aliphatic carbocycles. The number of rotatable bonds is 4. The summed E-state index contributed by atoms with van der Waals surface area (Å²) in [6.45, 7) is 3.31. The van der Waals surface area contributed by atoms with Crippen molar-refractivity contribution in [3.8, 4) is 0 Å². The second kappa shape index (κ2) is 5.05. The van der Waals surface area contributed by atoms with Gasteiger partial charge in [-0.05, 0) is 25.5 Å². The summed E-state index contributed by atoms with van der Waals surface area (Å²) in [5, 5.41) is 0. The maximum atomic E-state index is 13.3. The van der Waals surface area contributed by atoms with Gasteiger partial charge in [0.25, 0.3) is 0 Å². The molecule has 17 heavy (non-hydrogen) atoms. The van der Waals surface area contributed by atoms with Gasteiger partial charge in [0.2, 0.25) is 10.0 Å². The number of benzene rings is 1. The molecule has 0 spiro atoms. The first-order valence-corrected chi connectivity index (χ1v) is 6.43. The fraction of sp³-hybridized carbons (Fsp3) is 0.400. The lowest BCUT2D eigenvalue weighted by atomic mass is 10.3. The van der Waals surface area contributed by atoms with Crippen molar-refractivity contribution >= 4 is 10.0 Å². The molecule has 1 unspecified atom stereocenters. The molecular weight excluding hydrogens is 255 g/mol. The summed E-state index contributed by atoms with van der Waals surface area (Å²) in [7, 11) is -4.17. The second-order valence-electron chi connectivity index (χ2n) is 3.60. The van der Waals surface area contributed by atoms with Crippen molar-refractivity contribution in [3.05, 3.63) is 29.6 Å². The van der Waals surface area contributed by atoms with Crippen molar-refractivity contribution in [2.45, 2.75) is 31.2 Å². The predicted molar refractivity (Wildman–Crippen MR) is 56.4 cm³/mol. The van der Waals surface area contributed by atoms with Gasteiger partial charge in [0.1, 0.15) is 4.90 Å². The van der Waals surface area contributed by atoms with E-state index < -0.39 is 38.4 Å². The summed E-state index contributed by atoms with van der Waals surface area (Å²) >= 11 is 0. The summed E-state index contributed by atoms with van der Waals surface area (Å²) in [4.78, 5) is -0.892. The van der Waals surface area contributed by atoms with Gasteiger partial charge in [-0.15, -0.1) is 0 Å². The standard InChI is InChI=1S/C10H12F3NO2S/c1-3-6(2)14-17(15,16)8-5-4-7(11)9(12)10(8)13/h4-6,14H,3H2,1-2H3. The Hall–Kier alpha value is -1.08. The van der Waals surface area contributed by atoms with Gasteiger partial charge >= 0.3 is 0 Å². The molecule has 0 aliphatic heterocycles. The molecule has 1 aromatic rings. The molecule has 0 aromatic heterocycles. The Morgan fingerprint density at radius 3 is 2.35 bits per heavy atom. The molecule has 0 saturated heterocycles. The van der Waals surface area contributed by atoms with E-state index in [-0.39, 0.29) is 0 Å². The van der Waals surface area contributed by atoms with Gasteiger partial charge in [-0.2, -0.15) is 0 Å². The normalized spacial score (nSPS) is 13.7. The predicted octanol–water partition coefficient (Wildman–Crippen LogP) is 2.18.